The van der Waals surface area contributed by atoms with Gasteiger partial charge in [0.15, 0.2) is 16.2 Å². The molecule has 3 atom stereocenters. The molecule has 2 N–H and O–H groups in total. The number of ketones is 1. The van der Waals surface area contributed by atoms with Crippen LogP contribution < -0.4 is 10.6 Å². The van der Waals surface area contributed by atoms with Crippen LogP contribution >= 0.6 is 23.1 Å². The zero-order valence-electron chi connectivity index (χ0n) is 23.7. The SMILES string of the molecule is Cc1nnc(S/C=C/C2=C(C(=O)OC(c3ccccc3)c3ccccc3)C3C(=O)C(NC(=O)OC(C)(C)C)C3NC2)s1. The number of nitrogens with zero attached hydrogens (tertiary/aromatic N) is 2. The van der Waals surface area contributed by atoms with Crippen molar-refractivity contribution in [3.63, 3.8) is 0 Å². The first-order valence-electron chi connectivity index (χ1n) is 13.5. The summed E-state index contributed by atoms with van der Waals surface area (Å²) in [5.41, 5.74) is 1.83. The largest absolute Gasteiger partial charge is 0.449 e. The van der Waals surface area contributed by atoms with Crippen LogP contribution in [0.5, 0.6) is 0 Å². The third kappa shape index (κ3) is 6.80. The number of ether oxygens (including phenoxy) is 2. The van der Waals surface area contributed by atoms with E-state index in [9.17, 15) is 14.4 Å². The molecule has 3 aromatic rings. The number of fused-ring (bicyclic) bond motifs is 1. The van der Waals surface area contributed by atoms with Crippen molar-refractivity contribution >= 4 is 40.9 Å². The molecule has 0 spiro atoms. The molecule has 3 unspecified atom stereocenters. The van der Waals surface area contributed by atoms with Gasteiger partial charge in [0, 0.05) is 12.6 Å². The molecule has 2 aliphatic rings. The molecule has 1 saturated carbocycles. The van der Waals surface area contributed by atoms with Crippen molar-refractivity contribution in [3.05, 3.63) is 99.4 Å². The van der Waals surface area contributed by atoms with E-state index in [4.69, 9.17) is 9.47 Å². The van der Waals surface area contributed by atoms with Crippen LogP contribution in [-0.2, 0) is 19.1 Å². The molecule has 218 valence electrons. The Morgan fingerprint density at radius 3 is 2.29 bits per heavy atom. The van der Waals surface area contributed by atoms with Gasteiger partial charge in [-0.1, -0.05) is 89.8 Å². The highest BCUT2D eigenvalue weighted by Crippen LogP contribution is 2.39. The predicted octanol–water partition coefficient (Wildman–Crippen LogP) is 5.15. The minimum Gasteiger partial charge on any atom is -0.449 e. The summed E-state index contributed by atoms with van der Waals surface area (Å²) in [6.07, 6.45) is 0.454. The number of esters is 1. The van der Waals surface area contributed by atoms with E-state index < -0.39 is 41.8 Å². The fourth-order valence-corrected chi connectivity index (χ4v) is 6.53. The third-order valence-corrected chi connectivity index (χ3v) is 8.51. The van der Waals surface area contributed by atoms with Crippen molar-refractivity contribution < 1.29 is 23.9 Å². The van der Waals surface area contributed by atoms with Crippen molar-refractivity contribution in [1.82, 2.24) is 20.8 Å². The van der Waals surface area contributed by atoms with Gasteiger partial charge >= 0.3 is 12.1 Å². The lowest BCUT2D eigenvalue weighted by Crippen LogP contribution is -2.72. The minimum absolute atomic E-state index is 0.278. The number of Topliss-reactive ketones (excluding diaryl/α,β-unsaturated/α-hetero) is 1. The van der Waals surface area contributed by atoms with Crippen LogP contribution in [0.4, 0.5) is 4.79 Å². The van der Waals surface area contributed by atoms with E-state index in [1.165, 1.54) is 23.1 Å². The van der Waals surface area contributed by atoms with Gasteiger partial charge in [-0.3, -0.25) is 4.79 Å². The fraction of sp³-hybridized carbons (Fsp3) is 0.323. The van der Waals surface area contributed by atoms with Crippen LogP contribution in [0, 0.1) is 12.8 Å². The van der Waals surface area contributed by atoms with Gasteiger partial charge in [-0.05, 0) is 49.8 Å². The Kier molecular flexibility index (Phi) is 8.91. The smallest absolute Gasteiger partial charge is 0.408 e. The highest BCUT2D eigenvalue weighted by atomic mass is 32.2. The van der Waals surface area contributed by atoms with Crippen LogP contribution in [0.15, 0.2) is 87.6 Å². The first kappa shape index (κ1) is 29.7. The third-order valence-electron chi connectivity index (χ3n) is 6.78. The molecule has 2 aromatic carbocycles. The number of amides is 1. The minimum atomic E-state index is -0.823. The number of carbonyl (C=O) groups excluding carboxylic acids is 3. The molecule has 42 heavy (non-hydrogen) atoms. The van der Waals surface area contributed by atoms with Crippen LogP contribution in [0.1, 0.15) is 43.0 Å². The quantitative estimate of drug-likeness (QED) is 0.266. The number of nitrogens with one attached hydrogen (secondary N) is 2. The first-order chi connectivity index (χ1) is 20.1. The Bertz CT molecular complexity index is 1480. The number of rotatable bonds is 8. The number of alkyl carbamates (subject to hydrolysis) is 1. The number of aryl methyl sites for hydroxylation is 1. The maximum Gasteiger partial charge on any atom is 0.408 e. The monoisotopic (exact) mass is 604 g/mol. The lowest BCUT2D eigenvalue weighted by Gasteiger charge is -2.47. The zero-order valence-corrected chi connectivity index (χ0v) is 25.3. The summed E-state index contributed by atoms with van der Waals surface area (Å²) in [7, 11) is 0. The fourth-order valence-electron chi connectivity index (χ4n) is 4.96. The van der Waals surface area contributed by atoms with Crippen molar-refractivity contribution in [3.8, 4) is 0 Å². The number of hydrogen-bond donors (Lipinski definition) is 2. The molecule has 5 rings (SSSR count). The summed E-state index contributed by atoms with van der Waals surface area (Å²) in [5.74, 6) is -1.64. The maximum absolute atomic E-state index is 14.0. The zero-order chi connectivity index (χ0) is 29.9. The molecule has 2 heterocycles. The Labute approximate surface area is 252 Å². The van der Waals surface area contributed by atoms with E-state index >= 15 is 0 Å². The average molecular weight is 605 g/mol. The number of carbonyl (C=O) groups is 3. The Morgan fingerprint density at radius 2 is 1.71 bits per heavy atom. The van der Waals surface area contributed by atoms with Crippen LogP contribution in [-0.4, -0.2) is 52.3 Å². The maximum atomic E-state index is 14.0. The average Bonchev–Trinajstić information content (AvgIpc) is 3.38. The van der Waals surface area contributed by atoms with Gasteiger partial charge in [-0.25, -0.2) is 9.59 Å². The molecule has 1 aromatic heterocycles. The molecule has 1 aliphatic carbocycles. The van der Waals surface area contributed by atoms with Crippen molar-refractivity contribution in [2.75, 3.05) is 6.54 Å². The summed E-state index contributed by atoms with van der Waals surface area (Å²) in [5, 5.41) is 16.8. The number of benzene rings is 2. The first-order valence-corrected chi connectivity index (χ1v) is 15.2. The number of thioether (sulfide) groups is 1. The standard InChI is InChI=1S/C31H32N4O5S2/c1-18-34-35-30(42-18)41-16-15-21-17-32-24-23(26(36)25(24)33-29(38)40-31(2,3)4)22(21)28(37)39-27(19-11-7-5-8-12-19)20-13-9-6-10-14-20/h5-16,23-25,27,32H,17H2,1-4H3,(H,33,38)/b16-15+. The number of hydrogen-bond acceptors (Lipinski definition) is 10. The second kappa shape index (κ2) is 12.6. The summed E-state index contributed by atoms with van der Waals surface area (Å²) >= 11 is 2.85. The summed E-state index contributed by atoms with van der Waals surface area (Å²) < 4.78 is 12.3. The molecule has 0 bridgehead atoms. The Morgan fingerprint density at radius 1 is 1.07 bits per heavy atom. The molecule has 1 fully saturated rings. The van der Waals surface area contributed by atoms with Gasteiger partial charge in [0.25, 0.3) is 0 Å². The summed E-state index contributed by atoms with van der Waals surface area (Å²) in [6, 6.07) is 17.7. The van der Waals surface area contributed by atoms with Crippen LogP contribution in [0.3, 0.4) is 0 Å². The van der Waals surface area contributed by atoms with E-state index in [-0.39, 0.29) is 11.4 Å². The Balaban J connectivity index is 1.44. The van der Waals surface area contributed by atoms with Gasteiger partial charge in [-0.15, -0.1) is 10.2 Å². The van der Waals surface area contributed by atoms with Crippen LogP contribution in [0.2, 0.25) is 0 Å². The predicted molar refractivity (Wildman–Crippen MR) is 161 cm³/mol. The summed E-state index contributed by atoms with van der Waals surface area (Å²) in [6.45, 7) is 7.45. The second-order valence-electron chi connectivity index (χ2n) is 11.0. The molecule has 1 amide bonds. The van der Waals surface area contributed by atoms with Gasteiger partial charge in [0.1, 0.15) is 16.7 Å². The van der Waals surface area contributed by atoms with E-state index in [1.54, 1.807) is 20.8 Å². The van der Waals surface area contributed by atoms with E-state index in [0.717, 1.165) is 20.5 Å². The highest BCUT2D eigenvalue weighted by molar-refractivity contribution is 8.03. The lowest BCUT2D eigenvalue weighted by molar-refractivity contribution is -0.147. The number of aromatic nitrogens is 2. The molecule has 9 nitrogen and oxygen atoms in total. The summed E-state index contributed by atoms with van der Waals surface area (Å²) in [4.78, 5) is 40.0. The highest BCUT2D eigenvalue weighted by Gasteiger charge is 2.56. The normalized spacial score (nSPS) is 20.3. The molecule has 0 radical (unpaired) electrons. The van der Waals surface area contributed by atoms with Crippen LogP contribution in [0.25, 0.3) is 0 Å². The molecule has 11 heteroatoms. The second-order valence-corrected chi connectivity index (χ2v) is 13.3. The Hall–Kier alpha value is -3.80. The lowest BCUT2D eigenvalue weighted by atomic mass is 9.66. The van der Waals surface area contributed by atoms with E-state index in [0.29, 0.717) is 12.1 Å². The molecule has 1 aliphatic heterocycles. The van der Waals surface area contributed by atoms with Gasteiger partial charge in [-0.2, -0.15) is 0 Å². The van der Waals surface area contributed by atoms with Crippen molar-refractivity contribution in [1.29, 1.82) is 0 Å². The van der Waals surface area contributed by atoms with E-state index in [1.807, 2.05) is 79.1 Å². The van der Waals surface area contributed by atoms with Crippen molar-refractivity contribution in [2.24, 2.45) is 5.92 Å². The van der Waals surface area contributed by atoms with Gasteiger partial charge in [0.05, 0.1) is 11.5 Å². The van der Waals surface area contributed by atoms with E-state index in [2.05, 4.69) is 20.8 Å². The molecule has 0 saturated heterocycles. The van der Waals surface area contributed by atoms with Gasteiger partial charge in [0.2, 0.25) is 0 Å². The van der Waals surface area contributed by atoms with Gasteiger partial charge < -0.3 is 20.1 Å². The topological polar surface area (TPSA) is 120 Å². The van der Waals surface area contributed by atoms with Crippen molar-refractivity contribution in [2.45, 2.75) is 55.8 Å². The molecular weight excluding hydrogens is 572 g/mol. The molecular formula is C31H32N4O5S2.